The summed E-state index contributed by atoms with van der Waals surface area (Å²) in [7, 11) is -2.86. The van der Waals surface area contributed by atoms with Crippen molar-refractivity contribution in [1.82, 2.24) is 0 Å². The maximum Gasteiger partial charge on any atom is 0.150 e. The molecule has 19 heavy (non-hydrogen) atoms. The predicted octanol–water partition coefficient (Wildman–Crippen LogP) is 2.42. The number of sulfone groups is 1. The van der Waals surface area contributed by atoms with Crippen molar-refractivity contribution in [2.24, 2.45) is 11.7 Å². The molecule has 3 nitrogen and oxygen atoms in total. The van der Waals surface area contributed by atoms with Crippen molar-refractivity contribution in [1.29, 1.82) is 0 Å². The minimum atomic E-state index is -2.86. The molecule has 1 aromatic rings. The average molecular weight is 281 g/mol. The predicted molar refractivity (Wildman–Crippen MR) is 78.8 cm³/mol. The number of hydrogen-bond acceptors (Lipinski definition) is 3. The molecular weight excluding hydrogens is 258 g/mol. The first kappa shape index (κ1) is 14.5. The third kappa shape index (κ3) is 3.37. The monoisotopic (exact) mass is 281 g/mol. The molecule has 0 amide bonds. The lowest BCUT2D eigenvalue weighted by atomic mass is 9.85. The van der Waals surface area contributed by atoms with Gasteiger partial charge in [-0.1, -0.05) is 45.0 Å². The van der Waals surface area contributed by atoms with Crippen molar-refractivity contribution >= 4 is 9.84 Å². The van der Waals surface area contributed by atoms with Crippen LogP contribution in [0.1, 0.15) is 44.4 Å². The third-order valence-corrected chi connectivity index (χ3v) is 5.73. The van der Waals surface area contributed by atoms with Crippen LogP contribution >= 0.6 is 0 Å². The van der Waals surface area contributed by atoms with Gasteiger partial charge >= 0.3 is 0 Å². The molecule has 2 atom stereocenters. The zero-order valence-electron chi connectivity index (χ0n) is 11.9. The van der Waals surface area contributed by atoms with E-state index in [0.29, 0.717) is 6.42 Å². The van der Waals surface area contributed by atoms with E-state index in [2.05, 4.69) is 32.9 Å². The molecule has 0 radical (unpaired) electrons. The molecule has 0 aliphatic carbocycles. The normalized spacial score (nSPS) is 24.3. The minimum Gasteiger partial charge on any atom is -0.324 e. The summed E-state index contributed by atoms with van der Waals surface area (Å²) in [5.41, 5.74) is 8.64. The molecule has 0 aromatic heterocycles. The summed E-state index contributed by atoms with van der Waals surface area (Å²) in [6.45, 7) is 6.52. The molecule has 1 saturated heterocycles. The fourth-order valence-corrected chi connectivity index (χ4v) is 4.44. The summed E-state index contributed by atoms with van der Waals surface area (Å²) in [6, 6.07) is 8.09. The molecule has 0 spiro atoms. The van der Waals surface area contributed by atoms with Gasteiger partial charge in [-0.05, 0) is 28.9 Å². The maximum atomic E-state index is 11.5. The maximum absolute atomic E-state index is 11.5. The van der Waals surface area contributed by atoms with E-state index < -0.39 is 9.84 Å². The molecule has 1 aliphatic heterocycles. The second-order valence-electron chi connectivity index (χ2n) is 6.56. The van der Waals surface area contributed by atoms with Crippen LogP contribution < -0.4 is 5.73 Å². The van der Waals surface area contributed by atoms with E-state index in [-0.39, 0.29) is 28.9 Å². The molecule has 2 unspecified atom stereocenters. The van der Waals surface area contributed by atoms with Crippen LogP contribution in [0.4, 0.5) is 0 Å². The first-order valence-corrected chi connectivity index (χ1v) is 8.58. The molecule has 4 heteroatoms. The van der Waals surface area contributed by atoms with Crippen LogP contribution in [0.5, 0.6) is 0 Å². The Morgan fingerprint density at radius 2 is 1.79 bits per heavy atom. The molecule has 1 aromatic carbocycles. The summed E-state index contributed by atoms with van der Waals surface area (Å²) in [6.07, 6.45) is 0.685. The quantitative estimate of drug-likeness (QED) is 0.905. The van der Waals surface area contributed by atoms with Crippen molar-refractivity contribution in [3.8, 4) is 0 Å². The van der Waals surface area contributed by atoms with Gasteiger partial charge in [-0.25, -0.2) is 8.42 Å². The first-order valence-electron chi connectivity index (χ1n) is 6.75. The van der Waals surface area contributed by atoms with Gasteiger partial charge in [0.25, 0.3) is 0 Å². The van der Waals surface area contributed by atoms with Gasteiger partial charge in [-0.15, -0.1) is 0 Å². The van der Waals surface area contributed by atoms with Crippen LogP contribution in [0.2, 0.25) is 0 Å². The molecule has 2 N–H and O–H groups in total. The van der Waals surface area contributed by atoms with Crippen LogP contribution in [0.3, 0.4) is 0 Å². The summed E-state index contributed by atoms with van der Waals surface area (Å²) in [4.78, 5) is 0. The molecule has 106 valence electrons. The Hall–Kier alpha value is -0.870. The fourth-order valence-electron chi connectivity index (χ4n) is 2.58. The lowest BCUT2D eigenvalue weighted by Gasteiger charge is -2.22. The van der Waals surface area contributed by atoms with E-state index in [9.17, 15) is 8.42 Å². The molecule has 0 bridgehead atoms. The molecule has 0 saturated carbocycles. The highest BCUT2D eigenvalue weighted by molar-refractivity contribution is 7.91. The summed E-state index contributed by atoms with van der Waals surface area (Å²) < 4.78 is 23.0. The van der Waals surface area contributed by atoms with E-state index >= 15 is 0 Å². The second kappa shape index (κ2) is 4.91. The molecule has 1 heterocycles. The SMILES string of the molecule is CC(C)(C)c1ccc(C(N)C2CCS(=O)(=O)C2)cc1. The topological polar surface area (TPSA) is 60.2 Å². The van der Waals surface area contributed by atoms with Gasteiger partial charge in [0, 0.05) is 6.04 Å². The Morgan fingerprint density at radius 1 is 1.21 bits per heavy atom. The van der Waals surface area contributed by atoms with Gasteiger partial charge in [0.1, 0.15) is 0 Å². The molecule has 1 aliphatic rings. The Morgan fingerprint density at radius 3 is 2.21 bits per heavy atom. The van der Waals surface area contributed by atoms with Crippen LogP contribution in [0.15, 0.2) is 24.3 Å². The van der Waals surface area contributed by atoms with Gasteiger partial charge in [0.2, 0.25) is 0 Å². The fraction of sp³-hybridized carbons (Fsp3) is 0.600. The zero-order chi connectivity index (χ0) is 14.3. The second-order valence-corrected chi connectivity index (χ2v) is 8.79. The minimum absolute atomic E-state index is 0.0606. The summed E-state index contributed by atoms with van der Waals surface area (Å²) >= 11 is 0. The van der Waals surface area contributed by atoms with Gasteiger partial charge in [-0.3, -0.25) is 0 Å². The van der Waals surface area contributed by atoms with Gasteiger partial charge in [0.05, 0.1) is 11.5 Å². The Balaban J connectivity index is 2.15. The van der Waals surface area contributed by atoms with Crippen LogP contribution in [0, 0.1) is 5.92 Å². The number of hydrogen-bond donors (Lipinski definition) is 1. The third-order valence-electron chi connectivity index (χ3n) is 3.94. The van der Waals surface area contributed by atoms with Gasteiger partial charge < -0.3 is 5.73 Å². The van der Waals surface area contributed by atoms with Crippen LogP contribution in [-0.4, -0.2) is 19.9 Å². The zero-order valence-corrected chi connectivity index (χ0v) is 12.7. The highest BCUT2D eigenvalue weighted by Gasteiger charge is 2.32. The van der Waals surface area contributed by atoms with E-state index in [0.717, 1.165) is 5.56 Å². The molecule has 1 fully saturated rings. The summed E-state index contributed by atoms with van der Waals surface area (Å²) in [5.74, 6) is 0.575. The average Bonchev–Trinajstić information content (AvgIpc) is 2.68. The first-order chi connectivity index (χ1) is 8.69. The van der Waals surface area contributed by atoms with Crippen LogP contribution in [-0.2, 0) is 15.3 Å². The molecule has 2 rings (SSSR count). The van der Waals surface area contributed by atoms with Crippen LogP contribution in [0.25, 0.3) is 0 Å². The van der Waals surface area contributed by atoms with E-state index in [1.54, 1.807) is 0 Å². The lowest BCUT2D eigenvalue weighted by molar-refractivity contribution is 0.479. The number of rotatable bonds is 2. The van der Waals surface area contributed by atoms with E-state index in [1.807, 2.05) is 12.1 Å². The largest absolute Gasteiger partial charge is 0.324 e. The number of benzene rings is 1. The highest BCUT2D eigenvalue weighted by atomic mass is 32.2. The van der Waals surface area contributed by atoms with E-state index in [1.165, 1.54) is 5.56 Å². The van der Waals surface area contributed by atoms with Gasteiger partial charge in [-0.2, -0.15) is 0 Å². The van der Waals surface area contributed by atoms with Crippen molar-refractivity contribution < 1.29 is 8.42 Å². The Labute approximate surface area is 116 Å². The van der Waals surface area contributed by atoms with Crippen molar-refractivity contribution in [2.75, 3.05) is 11.5 Å². The van der Waals surface area contributed by atoms with Gasteiger partial charge in [0.15, 0.2) is 9.84 Å². The Bertz CT molecular complexity index is 541. The lowest BCUT2D eigenvalue weighted by Crippen LogP contribution is -2.22. The number of nitrogens with two attached hydrogens (primary N) is 1. The highest BCUT2D eigenvalue weighted by Crippen LogP contribution is 2.31. The molecular formula is C15H23NO2S. The van der Waals surface area contributed by atoms with E-state index in [4.69, 9.17) is 5.73 Å². The van der Waals surface area contributed by atoms with Crippen molar-refractivity contribution in [3.63, 3.8) is 0 Å². The summed E-state index contributed by atoms with van der Waals surface area (Å²) in [5, 5.41) is 0. The van der Waals surface area contributed by atoms with Crippen molar-refractivity contribution in [2.45, 2.75) is 38.6 Å². The standard InChI is InChI=1S/C15H23NO2S/c1-15(2,3)13-6-4-11(5-7-13)14(16)12-8-9-19(17,18)10-12/h4-7,12,14H,8-10,16H2,1-3H3. The smallest absolute Gasteiger partial charge is 0.150 e. The Kier molecular flexibility index (Phi) is 3.76. The van der Waals surface area contributed by atoms with Crippen molar-refractivity contribution in [3.05, 3.63) is 35.4 Å².